The highest BCUT2D eigenvalue weighted by Gasteiger charge is 2.26. The van der Waals surface area contributed by atoms with Crippen molar-refractivity contribution in [1.82, 2.24) is 0 Å². The number of halogens is 4. The van der Waals surface area contributed by atoms with Gasteiger partial charge in [0, 0.05) is 12.4 Å². The number of ether oxygens (including phenoxy) is 1. The van der Waals surface area contributed by atoms with Crippen LogP contribution >= 0.6 is 0 Å². The van der Waals surface area contributed by atoms with E-state index >= 15 is 0 Å². The predicted molar refractivity (Wildman–Crippen MR) is 63.5 cm³/mol. The van der Waals surface area contributed by atoms with Gasteiger partial charge in [0.05, 0.1) is 6.61 Å². The summed E-state index contributed by atoms with van der Waals surface area (Å²) in [5, 5.41) is 0. The number of carbonyl (C=O) groups is 1. The van der Waals surface area contributed by atoms with Crippen LogP contribution in [0, 0.1) is 0 Å². The van der Waals surface area contributed by atoms with E-state index in [2.05, 4.69) is 9.73 Å². The second-order valence-corrected chi connectivity index (χ2v) is 3.36. The van der Waals surface area contributed by atoms with E-state index in [9.17, 15) is 22.4 Å². The summed E-state index contributed by atoms with van der Waals surface area (Å²) in [6.45, 7) is -0.334. The maximum absolute atomic E-state index is 12.9. The lowest BCUT2D eigenvalue weighted by Crippen LogP contribution is -2.16. The lowest BCUT2D eigenvalue weighted by Gasteiger charge is -2.04. The van der Waals surface area contributed by atoms with Crippen molar-refractivity contribution in [2.45, 2.75) is 13.1 Å². The van der Waals surface area contributed by atoms with E-state index in [1.165, 1.54) is 12.3 Å². The molecule has 0 rings (SSSR count). The fourth-order valence-corrected chi connectivity index (χ4v) is 0.745. The standard InChI is InChI=1S/C12H13F4NO2/c1-10(8-18)2-5-17-6-3-11(13)4-7-19-9-12(14,15)16/h2-6,8H,7,9H2,1H3/b6-3-,10-2-,11-4+,17-5-. The molecule has 0 bridgehead atoms. The molecule has 0 heterocycles. The normalized spacial score (nSPS) is 14.6. The molecule has 0 aromatic heterocycles. The zero-order valence-corrected chi connectivity index (χ0v) is 10.2. The Labute approximate surface area is 108 Å². The van der Waals surface area contributed by atoms with Gasteiger partial charge in [0.1, 0.15) is 18.7 Å². The average Bonchev–Trinajstić information content (AvgIpc) is 2.32. The van der Waals surface area contributed by atoms with Crippen molar-refractivity contribution in [3.05, 3.63) is 35.8 Å². The molecule has 7 heteroatoms. The number of allylic oxidation sites excluding steroid dienone is 4. The molecule has 0 radical (unpaired) electrons. The van der Waals surface area contributed by atoms with Crippen LogP contribution in [0.15, 0.2) is 40.8 Å². The number of hydrogen-bond acceptors (Lipinski definition) is 3. The molecule has 0 atom stereocenters. The van der Waals surface area contributed by atoms with Crippen molar-refractivity contribution >= 4 is 12.5 Å². The average molecular weight is 279 g/mol. The quantitative estimate of drug-likeness (QED) is 0.179. The van der Waals surface area contributed by atoms with Gasteiger partial charge < -0.3 is 4.74 Å². The van der Waals surface area contributed by atoms with Crippen LogP contribution in [0.3, 0.4) is 0 Å². The summed E-state index contributed by atoms with van der Waals surface area (Å²) < 4.78 is 52.1. The Morgan fingerprint density at radius 1 is 1.37 bits per heavy atom. The molecular weight excluding hydrogens is 266 g/mol. The number of rotatable bonds is 7. The van der Waals surface area contributed by atoms with Crippen LogP contribution in [-0.4, -0.2) is 31.9 Å². The van der Waals surface area contributed by atoms with E-state index in [0.29, 0.717) is 11.9 Å². The smallest absolute Gasteiger partial charge is 0.368 e. The van der Waals surface area contributed by atoms with Crippen LogP contribution in [0.5, 0.6) is 0 Å². The van der Waals surface area contributed by atoms with Gasteiger partial charge in [0.25, 0.3) is 0 Å². The predicted octanol–water partition coefficient (Wildman–Crippen LogP) is 3.15. The molecule has 0 spiro atoms. The summed E-state index contributed by atoms with van der Waals surface area (Å²) >= 11 is 0. The number of hydrogen-bond donors (Lipinski definition) is 0. The molecule has 0 amide bonds. The highest BCUT2D eigenvalue weighted by atomic mass is 19.4. The SMILES string of the molecule is C/C(C=O)=C/C=N\C=C/C(F)=C\COCC(F)(F)F. The van der Waals surface area contributed by atoms with Crippen LogP contribution in [0.25, 0.3) is 0 Å². The van der Waals surface area contributed by atoms with E-state index < -0.39 is 25.2 Å². The van der Waals surface area contributed by atoms with Gasteiger partial charge in [-0.25, -0.2) is 4.39 Å². The number of carbonyl (C=O) groups excluding carboxylic acids is 1. The van der Waals surface area contributed by atoms with Crippen LogP contribution in [0.2, 0.25) is 0 Å². The first-order chi connectivity index (χ1) is 8.85. The van der Waals surface area contributed by atoms with Gasteiger partial charge in [-0.05, 0) is 30.7 Å². The van der Waals surface area contributed by atoms with E-state index in [1.807, 2.05) is 0 Å². The second kappa shape index (κ2) is 9.21. The van der Waals surface area contributed by atoms with Crippen molar-refractivity contribution in [3.8, 4) is 0 Å². The Morgan fingerprint density at radius 2 is 2.05 bits per heavy atom. The van der Waals surface area contributed by atoms with Crippen LogP contribution < -0.4 is 0 Å². The fraction of sp³-hybridized carbons (Fsp3) is 0.333. The first-order valence-corrected chi connectivity index (χ1v) is 5.17. The molecule has 0 aliphatic rings. The Balaban J connectivity index is 4.02. The molecule has 3 nitrogen and oxygen atoms in total. The van der Waals surface area contributed by atoms with Crippen molar-refractivity contribution < 1.29 is 27.1 Å². The lowest BCUT2D eigenvalue weighted by atomic mass is 10.3. The highest BCUT2D eigenvalue weighted by Crippen LogP contribution is 2.14. The summed E-state index contributed by atoms with van der Waals surface area (Å²) in [6.07, 6.45) is 1.83. The Kier molecular flexibility index (Phi) is 8.35. The molecule has 0 aromatic carbocycles. The number of alkyl halides is 3. The first kappa shape index (κ1) is 17.2. The van der Waals surface area contributed by atoms with Gasteiger partial charge in [0.15, 0.2) is 0 Å². The molecular formula is C12H13F4NO2. The summed E-state index contributed by atoms with van der Waals surface area (Å²) in [4.78, 5) is 13.8. The summed E-state index contributed by atoms with van der Waals surface area (Å²) in [6, 6.07) is 0. The summed E-state index contributed by atoms with van der Waals surface area (Å²) in [5.74, 6) is -0.768. The Morgan fingerprint density at radius 3 is 2.63 bits per heavy atom. The van der Waals surface area contributed by atoms with E-state index in [4.69, 9.17) is 0 Å². The molecule has 0 aliphatic carbocycles. The van der Waals surface area contributed by atoms with Crippen molar-refractivity contribution in [1.29, 1.82) is 0 Å². The highest BCUT2D eigenvalue weighted by molar-refractivity contribution is 5.83. The van der Waals surface area contributed by atoms with Gasteiger partial charge in [-0.15, -0.1) is 0 Å². The molecule has 0 saturated carbocycles. The Hall–Kier alpha value is -1.76. The molecule has 106 valence electrons. The molecule has 0 aliphatic heterocycles. The fourth-order valence-electron chi connectivity index (χ4n) is 0.745. The van der Waals surface area contributed by atoms with Gasteiger partial charge in [-0.2, -0.15) is 13.2 Å². The zero-order valence-electron chi connectivity index (χ0n) is 10.2. The third-order valence-corrected chi connectivity index (χ3v) is 1.59. The molecule has 0 saturated heterocycles. The molecule has 0 fully saturated rings. The zero-order chi connectivity index (χ0) is 14.7. The Bertz CT molecular complexity index is 395. The van der Waals surface area contributed by atoms with E-state index in [1.54, 1.807) is 6.92 Å². The third-order valence-electron chi connectivity index (χ3n) is 1.59. The largest absolute Gasteiger partial charge is 0.411 e. The minimum Gasteiger partial charge on any atom is -0.368 e. The minimum absolute atomic E-state index is 0.453. The molecule has 0 unspecified atom stereocenters. The van der Waals surface area contributed by atoms with Gasteiger partial charge in [0.2, 0.25) is 0 Å². The number of aldehydes is 1. The van der Waals surface area contributed by atoms with Crippen LogP contribution in [0.4, 0.5) is 17.6 Å². The van der Waals surface area contributed by atoms with E-state index in [0.717, 1.165) is 18.4 Å². The second-order valence-electron chi connectivity index (χ2n) is 3.36. The van der Waals surface area contributed by atoms with Gasteiger partial charge >= 0.3 is 6.18 Å². The summed E-state index contributed by atoms with van der Waals surface area (Å²) in [7, 11) is 0. The minimum atomic E-state index is -4.42. The topological polar surface area (TPSA) is 38.7 Å². The van der Waals surface area contributed by atoms with Crippen molar-refractivity contribution in [2.24, 2.45) is 4.99 Å². The van der Waals surface area contributed by atoms with Gasteiger partial charge in [-0.3, -0.25) is 9.79 Å². The third kappa shape index (κ3) is 12.5. The molecule has 0 aromatic rings. The van der Waals surface area contributed by atoms with Crippen LogP contribution in [0.1, 0.15) is 6.92 Å². The maximum atomic E-state index is 12.9. The monoisotopic (exact) mass is 279 g/mol. The molecule has 19 heavy (non-hydrogen) atoms. The first-order valence-electron chi connectivity index (χ1n) is 5.17. The van der Waals surface area contributed by atoms with Gasteiger partial charge in [-0.1, -0.05) is 0 Å². The summed E-state index contributed by atoms with van der Waals surface area (Å²) in [5.41, 5.74) is 0.453. The maximum Gasteiger partial charge on any atom is 0.411 e. The van der Waals surface area contributed by atoms with Crippen molar-refractivity contribution in [2.75, 3.05) is 13.2 Å². The van der Waals surface area contributed by atoms with Crippen LogP contribution in [-0.2, 0) is 9.53 Å². The van der Waals surface area contributed by atoms with Crippen molar-refractivity contribution in [3.63, 3.8) is 0 Å². The lowest BCUT2D eigenvalue weighted by molar-refractivity contribution is -0.171. The number of aliphatic imine (C=N–C) groups is 1. The van der Waals surface area contributed by atoms with E-state index in [-0.39, 0.29) is 0 Å². The molecule has 0 N–H and O–H groups in total. The number of nitrogens with zero attached hydrogens (tertiary/aromatic N) is 1.